The van der Waals surface area contributed by atoms with Gasteiger partial charge in [0.2, 0.25) is 0 Å². The first kappa shape index (κ1) is 30.8. The number of benzene rings is 7. The van der Waals surface area contributed by atoms with E-state index in [-0.39, 0.29) is 5.75 Å². The van der Waals surface area contributed by atoms with Gasteiger partial charge >= 0.3 is 0 Å². The average molecular weight is 647 g/mol. The van der Waals surface area contributed by atoms with E-state index in [1.165, 1.54) is 5.56 Å². The van der Waals surface area contributed by atoms with Crippen LogP contribution in [0.5, 0.6) is 5.75 Å². The van der Waals surface area contributed by atoms with Crippen LogP contribution in [-0.4, -0.2) is 21.7 Å². The predicted octanol–water partition coefficient (Wildman–Crippen LogP) is 10.3. The van der Waals surface area contributed by atoms with E-state index in [9.17, 15) is 5.11 Å². The third-order valence-corrected chi connectivity index (χ3v) is 9.01. The SMILES string of the molecule is NC(/N=C(\N=C\c1ccccc1)c1ccc(-n2c3ccc(-c4ccccc4)cc3c3ccc(-c4ccccc4O)cc32)cc1)c1ccccc1. The number of para-hydroxylation sites is 1. The molecule has 8 aromatic rings. The number of phenols is 1. The van der Waals surface area contributed by atoms with Crippen LogP contribution in [0.25, 0.3) is 49.7 Å². The molecule has 7 aromatic carbocycles. The van der Waals surface area contributed by atoms with Crippen LogP contribution in [0, 0.1) is 0 Å². The number of fused-ring (bicyclic) bond motifs is 3. The van der Waals surface area contributed by atoms with Gasteiger partial charge in [-0.2, -0.15) is 0 Å². The number of aromatic hydroxyl groups is 1. The van der Waals surface area contributed by atoms with Crippen LogP contribution in [0.15, 0.2) is 186 Å². The fourth-order valence-corrected chi connectivity index (χ4v) is 6.47. The Morgan fingerprint density at radius 2 is 1.24 bits per heavy atom. The molecule has 50 heavy (non-hydrogen) atoms. The highest BCUT2D eigenvalue weighted by Gasteiger charge is 2.16. The monoisotopic (exact) mass is 646 g/mol. The van der Waals surface area contributed by atoms with Gasteiger partial charge in [0.25, 0.3) is 0 Å². The maximum Gasteiger partial charge on any atom is 0.156 e. The molecule has 0 spiro atoms. The summed E-state index contributed by atoms with van der Waals surface area (Å²) in [6, 6.07) is 59.1. The number of nitrogens with two attached hydrogens (primary N) is 1. The zero-order chi connectivity index (χ0) is 33.9. The van der Waals surface area contributed by atoms with Crippen molar-refractivity contribution in [3.8, 4) is 33.7 Å². The molecule has 5 nitrogen and oxygen atoms in total. The van der Waals surface area contributed by atoms with Crippen molar-refractivity contribution in [3.63, 3.8) is 0 Å². The molecule has 0 aliphatic heterocycles. The molecule has 5 heteroatoms. The summed E-state index contributed by atoms with van der Waals surface area (Å²) in [5, 5.41) is 13.0. The first-order valence-electron chi connectivity index (χ1n) is 16.6. The maximum atomic E-state index is 10.7. The number of amidine groups is 1. The first-order chi connectivity index (χ1) is 24.6. The minimum Gasteiger partial charge on any atom is -0.507 e. The van der Waals surface area contributed by atoms with Gasteiger partial charge in [-0.15, -0.1) is 0 Å². The molecular weight excluding hydrogens is 613 g/mol. The van der Waals surface area contributed by atoms with Crippen LogP contribution in [0.2, 0.25) is 0 Å². The third-order valence-electron chi connectivity index (χ3n) is 9.01. The summed E-state index contributed by atoms with van der Waals surface area (Å²) in [7, 11) is 0. The lowest BCUT2D eigenvalue weighted by atomic mass is 10.0. The minimum absolute atomic E-state index is 0.252. The Labute approximate surface area is 291 Å². The summed E-state index contributed by atoms with van der Waals surface area (Å²) in [6.07, 6.45) is 1.25. The minimum atomic E-state index is -0.567. The van der Waals surface area contributed by atoms with Crippen LogP contribution >= 0.6 is 0 Å². The quantitative estimate of drug-likeness (QED) is 0.134. The summed E-state index contributed by atoms with van der Waals surface area (Å²) in [5.74, 6) is 0.801. The molecule has 1 atom stereocenters. The summed E-state index contributed by atoms with van der Waals surface area (Å²) >= 11 is 0. The number of aromatic nitrogens is 1. The zero-order valence-electron chi connectivity index (χ0n) is 27.3. The van der Waals surface area contributed by atoms with Crippen molar-refractivity contribution in [2.24, 2.45) is 15.7 Å². The van der Waals surface area contributed by atoms with Gasteiger partial charge in [0.1, 0.15) is 11.9 Å². The predicted molar refractivity (Wildman–Crippen MR) is 207 cm³/mol. The molecule has 0 saturated carbocycles. The Balaban J connectivity index is 1.26. The molecule has 1 aromatic heterocycles. The Hall–Kier alpha value is -6.56. The molecule has 0 aliphatic carbocycles. The molecule has 0 radical (unpaired) electrons. The maximum absolute atomic E-state index is 10.7. The van der Waals surface area contributed by atoms with Crippen LogP contribution in [0.1, 0.15) is 22.9 Å². The fourth-order valence-electron chi connectivity index (χ4n) is 6.47. The van der Waals surface area contributed by atoms with Gasteiger partial charge < -0.3 is 15.4 Å². The molecule has 3 N–H and O–H groups in total. The summed E-state index contributed by atoms with van der Waals surface area (Å²) in [6.45, 7) is 0. The van der Waals surface area contributed by atoms with Crippen molar-refractivity contribution < 1.29 is 5.11 Å². The zero-order valence-corrected chi connectivity index (χ0v) is 27.3. The molecule has 0 bridgehead atoms. The number of phenolic OH excluding ortho intramolecular Hbond substituents is 1. The standard InChI is InChI=1S/C45H34N4O/c46-44(33-16-8-3-9-17-33)48-45(47-30-31-12-4-1-5-13-31)34-20-24-37(25-21-34)49-41-27-23-35(32-14-6-2-7-15-32)28-40(41)39-26-22-36(29-42(39)49)38-18-10-11-19-43(38)50/h1-30,44,50H,46H2/b47-30+,48-45-. The molecule has 8 rings (SSSR count). The smallest absolute Gasteiger partial charge is 0.156 e. The van der Waals surface area contributed by atoms with E-state index in [0.29, 0.717) is 5.84 Å². The van der Waals surface area contributed by atoms with Gasteiger partial charge in [-0.05, 0) is 76.3 Å². The average Bonchev–Trinajstić information content (AvgIpc) is 3.50. The van der Waals surface area contributed by atoms with E-state index in [1.807, 2.05) is 91.1 Å². The van der Waals surface area contributed by atoms with Crippen molar-refractivity contribution in [1.29, 1.82) is 0 Å². The molecule has 0 aliphatic rings. The van der Waals surface area contributed by atoms with Gasteiger partial charge in [0, 0.05) is 33.8 Å². The van der Waals surface area contributed by atoms with E-state index in [4.69, 9.17) is 15.7 Å². The molecule has 1 heterocycles. The second kappa shape index (κ2) is 13.5. The van der Waals surface area contributed by atoms with E-state index >= 15 is 0 Å². The second-order valence-corrected chi connectivity index (χ2v) is 12.2. The molecule has 0 saturated heterocycles. The van der Waals surface area contributed by atoms with Crippen LogP contribution in [0.3, 0.4) is 0 Å². The van der Waals surface area contributed by atoms with Gasteiger partial charge in [-0.25, -0.2) is 9.98 Å². The van der Waals surface area contributed by atoms with Crippen molar-refractivity contribution in [2.75, 3.05) is 0 Å². The van der Waals surface area contributed by atoms with Crippen molar-refractivity contribution in [1.82, 2.24) is 4.57 Å². The lowest BCUT2D eigenvalue weighted by molar-refractivity contribution is 0.477. The molecule has 0 amide bonds. The second-order valence-electron chi connectivity index (χ2n) is 12.2. The highest BCUT2D eigenvalue weighted by molar-refractivity contribution is 6.11. The first-order valence-corrected chi connectivity index (χ1v) is 16.6. The van der Waals surface area contributed by atoms with Crippen LogP contribution < -0.4 is 5.73 Å². The summed E-state index contributed by atoms with van der Waals surface area (Å²) in [4.78, 5) is 9.71. The lowest BCUT2D eigenvalue weighted by Gasteiger charge is -2.12. The topological polar surface area (TPSA) is 75.9 Å². The van der Waals surface area contributed by atoms with Crippen LogP contribution in [-0.2, 0) is 0 Å². The molecule has 0 fully saturated rings. The van der Waals surface area contributed by atoms with Crippen molar-refractivity contribution >= 4 is 33.9 Å². The number of hydrogen-bond donors (Lipinski definition) is 2. The van der Waals surface area contributed by atoms with Crippen LogP contribution in [0.4, 0.5) is 0 Å². The number of aliphatic imine (C=N–C) groups is 2. The molecule has 1 unspecified atom stereocenters. The summed E-state index contributed by atoms with van der Waals surface area (Å²) in [5.41, 5.74) is 16.5. The fraction of sp³-hybridized carbons (Fsp3) is 0.0222. The normalized spacial score (nSPS) is 12.5. The van der Waals surface area contributed by atoms with Crippen molar-refractivity contribution in [3.05, 3.63) is 193 Å². The van der Waals surface area contributed by atoms with E-state index in [0.717, 1.165) is 60.9 Å². The molecule has 240 valence electrons. The Morgan fingerprint density at radius 1 is 0.580 bits per heavy atom. The van der Waals surface area contributed by atoms with Gasteiger partial charge in [-0.1, -0.05) is 127 Å². The number of rotatable bonds is 7. The molecular formula is C45H34N4O. The largest absolute Gasteiger partial charge is 0.507 e. The number of hydrogen-bond acceptors (Lipinski definition) is 3. The third kappa shape index (κ3) is 6.10. The Bertz CT molecular complexity index is 2480. The summed E-state index contributed by atoms with van der Waals surface area (Å²) < 4.78 is 2.28. The lowest BCUT2D eigenvalue weighted by Crippen LogP contribution is -2.11. The highest BCUT2D eigenvalue weighted by atomic mass is 16.3. The van der Waals surface area contributed by atoms with Gasteiger partial charge in [0.05, 0.1) is 11.0 Å². The Kier molecular flexibility index (Phi) is 8.31. The van der Waals surface area contributed by atoms with E-state index < -0.39 is 6.17 Å². The van der Waals surface area contributed by atoms with Crippen molar-refractivity contribution in [2.45, 2.75) is 6.17 Å². The number of nitrogens with zero attached hydrogens (tertiary/aromatic N) is 3. The Morgan fingerprint density at radius 3 is 1.98 bits per heavy atom. The van der Waals surface area contributed by atoms with E-state index in [2.05, 4.69) is 89.5 Å². The van der Waals surface area contributed by atoms with Gasteiger partial charge in [0.15, 0.2) is 5.84 Å². The van der Waals surface area contributed by atoms with Gasteiger partial charge in [-0.3, -0.25) is 0 Å². The van der Waals surface area contributed by atoms with E-state index in [1.54, 1.807) is 6.07 Å². The highest BCUT2D eigenvalue weighted by Crippen LogP contribution is 2.38.